The molecule has 0 fully saturated rings. The number of rotatable bonds is 7. The predicted octanol–water partition coefficient (Wildman–Crippen LogP) is 5.18. The molecule has 0 aliphatic rings. The molecule has 0 aliphatic carbocycles. The van der Waals surface area contributed by atoms with Crippen LogP contribution in [0.4, 0.5) is 4.39 Å². The van der Waals surface area contributed by atoms with Crippen molar-refractivity contribution in [2.24, 2.45) is 0 Å². The van der Waals surface area contributed by atoms with Crippen LogP contribution in [0.25, 0.3) is 21.7 Å². The molecule has 3 aromatic carbocycles. The number of hydrogen-bond donors (Lipinski definition) is 1. The largest absolute Gasteiger partial charge is 0.461 e. The number of carbonyl (C=O) groups excluding carboxylic acids is 2. The van der Waals surface area contributed by atoms with Gasteiger partial charge < -0.3 is 14.6 Å². The second-order valence-corrected chi connectivity index (χ2v) is 7.54. The smallest absolute Gasteiger partial charge is 0.355 e. The standard InChI is InChI=1S/C26H25FN2O3/c1-3-23(30)28-15-20-24-21(27)13-8-14-22(24)29(25(20)26(31)32-4-2)16-18-11-7-10-17-9-5-6-12-19(17)18/h5-14H,3-4,15-16H2,1-2H3,(H,28,30). The van der Waals surface area contributed by atoms with E-state index in [1.165, 1.54) is 6.07 Å². The summed E-state index contributed by atoms with van der Waals surface area (Å²) in [5, 5.41) is 5.25. The van der Waals surface area contributed by atoms with Crippen LogP contribution in [0.5, 0.6) is 0 Å². The molecule has 4 rings (SSSR count). The lowest BCUT2D eigenvalue weighted by atomic mass is 10.0. The molecule has 0 bridgehead atoms. The molecule has 164 valence electrons. The zero-order valence-corrected chi connectivity index (χ0v) is 18.2. The van der Waals surface area contributed by atoms with Crippen LogP contribution in [-0.2, 0) is 22.6 Å². The van der Waals surface area contributed by atoms with Crippen LogP contribution in [-0.4, -0.2) is 23.1 Å². The van der Waals surface area contributed by atoms with Crippen molar-refractivity contribution in [3.05, 3.63) is 83.3 Å². The first-order valence-electron chi connectivity index (χ1n) is 10.7. The Balaban J connectivity index is 1.94. The molecule has 0 atom stereocenters. The monoisotopic (exact) mass is 432 g/mol. The van der Waals surface area contributed by atoms with Crippen molar-refractivity contribution in [1.82, 2.24) is 9.88 Å². The Hall–Kier alpha value is -3.67. The second-order valence-electron chi connectivity index (χ2n) is 7.54. The minimum absolute atomic E-state index is 0.0425. The van der Waals surface area contributed by atoms with Crippen molar-refractivity contribution in [1.29, 1.82) is 0 Å². The number of fused-ring (bicyclic) bond motifs is 2. The number of aromatic nitrogens is 1. The number of benzene rings is 3. The van der Waals surface area contributed by atoms with Crippen molar-refractivity contribution >= 4 is 33.6 Å². The van der Waals surface area contributed by atoms with E-state index in [0.717, 1.165) is 16.3 Å². The Labute approximate surface area is 185 Å². The highest BCUT2D eigenvalue weighted by molar-refractivity contribution is 6.00. The van der Waals surface area contributed by atoms with Crippen LogP contribution in [0.3, 0.4) is 0 Å². The SMILES string of the molecule is CCOC(=O)c1c(CNC(=O)CC)c2c(F)cccc2n1Cc1cccc2ccccc12. The van der Waals surface area contributed by atoms with Gasteiger partial charge in [-0.15, -0.1) is 0 Å². The molecule has 4 aromatic rings. The van der Waals surface area contributed by atoms with Crippen LogP contribution in [0.2, 0.25) is 0 Å². The topological polar surface area (TPSA) is 60.3 Å². The highest BCUT2D eigenvalue weighted by atomic mass is 19.1. The van der Waals surface area contributed by atoms with Gasteiger partial charge in [-0.25, -0.2) is 9.18 Å². The summed E-state index contributed by atoms with van der Waals surface area (Å²) in [6.45, 7) is 4.07. The molecule has 0 saturated heterocycles. The fourth-order valence-electron chi connectivity index (χ4n) is 4.12. The van der Waals surface area contributed by atoms with E-state index in [-0.39, 0.29) is 24.8 Å². The maximum absolute atomic E-state index is 15.0. The molecule has 1 amide bonds. The zero-order chi connectivity index (χ0) is 22.7. The summed E-state index contributed by atoms with van der Waals surface area (Å²) in [6.07, 6.45) is 0.297. The van der Waals surface area contributed by atoms with Gasteiger partial charge in [0, 0.05) is 30.5 Å². The highest BCUT2D eigenvalue weighted by Gasteiger charge is 2.26. The molecular weight excluding hydrogens is 407 g/mol. The van der Waals surface area contributed by atoms with Crippen molar-refractivity contribution < 1.29 is 18.7 Å². The normalized spacial score (nSPS) is 11.1. The lowest BCUT2D eigenvalue weighted by Crippen LogP contribution is -2.23. The molecule has 0 saturated carbocycles. The fraction of sp³-hybridized carbons (Fsp3) is 0.231. The van der Waals surface area contributed by atoms with Gasteiger partial charge in [-0.05, 0) is 35.4 Å². The molecule has 1 N–H and O–H groups in total. The summed E-state index contributed by atoms with van der Waals surface area (Å²) in [5.41, 5.74) is 2.27. The predicted molar refractivity (Wildman–Crippen MR) is 123 cm³/mol. The van der Waals surface area contributed by atoms with Gasteiger partial charge in [-0.1, -0.05) is 55.5 Å². The summed E-state index contributed by atoms with van der Waals surface area (Å²) in [7, 11) is 0. The lowest BCUT2D eigenvalue weighted by Gasteiger charge is -2.14. The van der Waals surface area contributed by atoms with Crippen LogP contribution in [0.15, 0.2) is 60.7 Å². The van der Waals surface area contributed by atoms with E-state index in [2.05, 4.69) is 5.32 Å². The molecule has 6 heteroatoms. The van der Waals surface area contributed by atoms with Gasteiger partial charge in [0.25, 0.3) is 0 Å². The van der Waals surface area contributed by atoms with Gasteiger partial charge in [-0.2, -0.15) is 0 Å². The molecule has 32 heavy (non-hydrogen) atoms. The third kappa shape index (κ3) is 3.96. The number of hydrogen-bond acceptors (Lipinski definition) is 3. The molecule has 0 aliphatic heterocycles. The first-order valence-corrected chi connectivity index (χ1v) is 10.7. The molecule has 1 heterocycles. The van der Waals surface area contributed by atoms with E-state index in [9.17, 15) is 9.59 Å². The van der Waals surface area contributed by atoms with Crippen LogP contribution < -0.4 is 5.32 Å². The number of carbonyl (C=O) groups is 2. The Bertz CT molecular complexity index is 1300. The van der Waals surface area contributed by atoms with Gasteiger partial charge in [0.15, 0.2) is 0 Å². The van der Waals surface area contributed by atoms with Crippen LogP contribution >= 0.6 is 0 Å². The zero-order valence-electron chi connectivity index (χ0n) is 18.2. The quantitative estimate of drug-likeness (QED) is 0.409. The molecule has 5 nitrogen and oxygen atoms in total. The van der Waals surface area contributed by atoms with Crippen LogP contribution in [0.1, 0.15) is 41.9 Å². The number of ether oxygens (including phenoxy) is 1. The van der Waals surface area contributed by atoms with E-state index in [1.807, 2.05) is 42.5 Å². The maximum Gasteiger partial charge on any atom is 0.355 e. The summed E-state index contributed by atoms with van der Waals surface area (Å²) in [4.78, 5) is 25.0. The van der Waals surface area contributed by atoms with Gasteiger partial charge in [0.2, 0.25) is 5.91 Å². The van der Waals surface area contributed by atoms with Gasteiger partial charge >= 0.3 is 5.97 Å². The van der Waals surface area contributed by atoms with E-state index in [4.69, 9.17) is 4.74 Å². The Morgan fingerprint density at radius 3 is 2.53 bits per heavy atom. The van der Waals surface area contributed by atoms with Crippen molar-refractivity contribution in [2.45, 2.75) is 33.4 Å². The number of halogens is 1. The minimum atomic E-state index is -0.538. The van der Waals surface area contributed by atoms with E-state index >= 15 is 4.39 Å². The van der Waals surface area contributed by atoms with Crippen molar-refractivity contribution in [3.8, 4) is 0 Å². The lowest BCUT2D eigenvalue weighted by molar-refractivity contribution is -0.120. The Kier molecular flexibility index (Phi) is 6.21. The van der Waals surface area contributed by atoms with E-state index < -0.39 is 11.8 Å². The average Bonchev–Trinajstić information content (AvgIpc) is 3.12. The molecular formula is C26H25FN2O3. The Morgan fingerprint density at radius 2 is 1.75 bits per heavy atom. The third-order valence-corrected chi connectivity index (χ3v) is 5.60. The third-order valence-electron chi connectivity index (χ3n) is 5.60. The van der Waals surface area contributed by atoms with E-state index in [0.29, 0.717) is 29.4 Å². The van der Waals surface area contributed by atoms with Crippen molar-refractivity contribution in [2.75, 3.05) is 6.61 Å². The van der Waals surface area contributed by atoms with E-state index in [1.54, 1.807) is 30.5 Å². The maximum atomic E-state index is 15.0. The summed E-state index contributed by atoms with van der Waals surface area (Å²) >= 11 is 0. The Morgan fingerprint density at radius 1 is 1.00 bits per heavy atom. The highest BCUT2D eigenvalue weighted by Crippen LogP contribution is 2.31. The molecule has 0 unspecified atom stereocenters. The number of amides is 1. The van der Waals surface area contributed by atoms with Gasteiger partial charge in [0.1, 0.15) is 11.5 Å². The summed E-state index contributed by atoms with van der Waals surface area (Å²) in [5.74, 6) is -1.15. The van der Waals surface area contributed by atoms with Crippen LogP contribution in [0, 0.1) is 5.82 Å². The average molecular weight is 432 g/mol. The first kappa shape index (κ1) is 21.6. The van der Waals surface area contributed by atoms with Gasteiger partial charge in [-0.3, -0.25) is 4.79 Å². The summed E-state index contributed by atoms with van der Waals surface area (Å²) < 4.78 is 22.1. The first-order chi connectivity index (χ1) is 15.5. The fourth-order valence-corrected chi connectivity index (χ4v) is 4.12. The molecule has 1 aromatic heterocycles. The number of nitrogens with zero attached hydrogens (tertiary/aromatic N) is 1. The number of nitrogens with one attached hydrogen (secondary N) is 1. The summed E-state index contributed by atoms with van der Waals surface area (Å²) in [6, 6.07) is 18.8. The molecule has 0 spiro atoms. The van der Waals surface area contributed by atoms with Crippen molar-refractivity contribution in [3.63, 3.8) is 0 Å². The number of esters is 1. The van der Waals surface area contributed by atoms with Gasteiger partial charge in [0.05, 0.1) is 12.1 Å². The minimum Gasteiger partial charge on any atom is -0.461 e. The second kappa shape index (κ2) is 9.22. The molecule has 0 radical (unpaired) electrons.